The number of hydrogen-bond donors (Lipinski definition) is 2. The molecule has 0 rings (SSSR count). The number of aliphatic hydroxyl groups excluding tert-OH is 2. The first-order valence-electron chi connectivity index (χ1n) is 10.3. The predicted octanol–water partition coefficient (Wildman–Crippen LogP) is 2.12. The first kappa shape index (κ1) is 27.2. The average molecular weight is 417 g/mol. The molecule has 0 unspecified atom stereocenters. The molecule has 0 atom stereocenters. The van der Waals surface area contributed by atoms with E-state index in [2.05, 4.69) is 0 Å². The van der Waals surface area contributed by atoms with Gasteiger partial charge >= 0.3 is 11.9 Å². The van der Waals surface area contributed by atoms with Crippen LogP contribution in [0.15, 0.2) is 0 Å². The number of rotatable bonds is 18. The van der Waals surface area contributed by atoms with E-state index < -0.39 is 11.4 Å². The van der Waals surface area contributed by atoms with Crippen molar-refractivity contribution in [2.75, 3.05) is 26.4 Å². The molecule has 0 aliphatic rings. The van der Waals surface area contributed by atoms with Crippen molar-refractivity contribution >= 4 is 23.5 Å². The fourth-order valence-electron chi connectivity index (χ4n) is 3.03. The van der Waals surface area contributed by atoms with Crippen molar-refractivity contribution in [2.24, 2.45) is 5.41 Å². The third kappa shape index (κ3) is 11.7. The van der Waals surface area contributed by atoms with Crippen LogP contribution in [0, 0.1) is 5.41 Å². The molecule has 0 saturated carbocycles. The highest BCUT2D eigenvalue weighted by Crippen LogP contribution is 2.33. The maximum absolute atomic E-state index is 12.2. The van der Waals surface area contributed by atoms with Crippen molar-refractivity contribution in [3.05, 3.63) is 0 Å². The van der Waals surface area contributed by atoms with Crippen LogP contribution >= 0.6 is 0 Å². The van der Waals surface area contributed by atoms with Crippen LogP contribution in [0.25, 0.3) is 0 Å². The van der Waals surface area contributed by atoms with Gasteiger partial charge in [-0.1, -0.05) is 6.42 Å². The number of hydrogen-bond acceptors (Lipinski definition) is 8. The molecule has 0 spiro atoms. The number of carbonyl (C=O) groups is 4. The molecule has 0 aliphatic heterocycles. The van der Waals surface area contributed by atoms with Crippen LogP contribution in [0.4, 0.5) is 0 Å². The molecule has 0 fully saturated rings. The lowest BCUT2D eigenvalue weighted by Gasteiger charge is -2.28. The highest BCUT2D eigenvalue weighted by atomic mass is 16.5. The Hall–Kier alpha value is -1.80. The third-order valence-electron chi connectivity index (χ3n) is 4.97. The molecule has 0 saturated heterocycles. The van der Waals surface area contributed by atoms with E-state index in [4.69, 9.17) is 19.7 Å². The SMILES string of the molecule is CC(=O)C(CCCCC(=O)OCCCCO)(CCC(=O)OCCCCO)C(C)=O. The number of ketones is 2. The van der Waals surface area contributed by atoms with Gasteiger partial charge in [0.05, 0.1) is 18.6 Å². The van der Waals surface area contributed by atoms with Crippen molar-refractivity contribution in [1.82, 2.24) is 0 Å². The summed E-state index contributed by atoms with van der Waals surface area (Å²) in [5.41, 5.74) is -1.24. The Morgan fingerprint density at radius 1 is 0.655 bits per heavy atom. The van der Waals surface area contributed by atoms with Gasteiger partial charge < -0.3 is 19.7 Å². The molecule has 2 N–H and O–H groups in total. The molecule has 8 heteroatoms. The Labute approximate surface area is 172 Å². The van der Waals surface area contributed by atoms with Crippen molar-refractivity contribution in [1.29, 1.82) is 0 Å². The van der Waals surface area contributed by atoms with Gasteiger partial charge in [-0.3, -0.25) is 19.2 Å². The van der Waals surface area contributed by atoms with Gasteiger partial charge in [-0.25, -0.2) is 0 Å². The molecule has 29 heavy (non-hydrogen) atoms. The quantitative estimate of drug-likeness (QED) is 0.198. The molecular weight excluding hydrogens is 380 g/mol. The number of Topliss-reactive ketones (excluding diaryl/α,β-unsaturated/α-hetero) is 2. The average Bonchev–Trinajstić information content (AvgIpc) is 2.67. The Bertz CT molecular complexity index is 501. The smallest absolute Gasteiger partial charge is 0.305 e. The molecule has 0 radical (unpaired) electrons. The Kier molecular flexibility index (Phi) is 15.1. The summed E-state index contributed by atoms with van der Waals surface area (Å²) in [5.74, 6) is -1.39. The van der Waals surface area contributed by atoms with E-state index >= 15 is 0 Å². The van der Waals surface area contributed by atoms with Crippen molar-refractivity contribution in [3.8, 4) is 0 Å². The monoisotopic (exact) mass is 416 g/mol. The topological polar surface area (TPSA) is 127 Å². The van der Waals surface area contributed by atoms with Crippen LogP contribution in [0.1, 0.15) is 78.1 Å². The first-order chi connectivity index (χ1) is 13.8. The highest BCUT2D eigenvalue weighted by molar-refractivity contribution is 6.05. The zero-order valence-corrected chi connectivity index (χ0v) is 17.7. The van der Waals surface area contributed by atoms with Crippen LogP contribution < -0.4 is 0 Å². The summed E-state index contributed by atoms with van der Waals surface area (Å²) in [6.45, 7) is 3.27. The van der Waals surface area contributed by atoms with Gasteiger partial charge in [-0.15, -0.1) is 0 Å². The molecule has 0 aliphatic carbocycles. The fourth-order valence-corrected chi connectivity index (χ4v) is 3.03. The molecule has 168 valence electrons. The number of aliphatic hydroxyl groups is 2. The molecule has 0 aromatic carbocycles. The second kappa shape index (κ2) is 16.0. The summed E-state index contributed by atoms with van der Waals surface area (Å²) < 4.78 is 10.1. The second-order valence-electron chi connectivity index (χ2n) is 7.20. The predicted molar refractivity (Wildman–Crippen MR) is 106 cm³/mol. The molecule has 0 bridgehead atoms. The Morgan fingerprint density at radius 2 is 1.14 bits per heavy atom. The summed E-state index contributed by atoms with van der Waals surface area (Å²) in [4.78, 5) is 48.0. The van der Waals surface area contributed by atoms with E-state index in [9.17, 15) is 19.2 Å². The van der Waals surface area contributed by atoms with E-state index in [-0.39, 0.29) is 69.6 Å². The van der Waals surface area contributed by atoms with E-state index in [1.54, 1.807) is 0 Å². The maximum Gasteiger partial charge on any atom is 0.305 e. The van der Waals surface area contributed by atoms with Gasteiger partial charge in [0, 0.05) is 26.1 Å². The summed E-state index contributed by atoms with van der Waals surface area (Å²) in [6, 6.07) is 0. The Balaban J connectivity index is 4.47. The second-order valence-corrected chi connectivity index (χ2v) is 7.20. The largest absolute Gasteiger partial charge is 0.466 e. The number of esters is 2. The summed E-state index contributed by atoms with van der Waals surface area (Å²) in [7, 11) is 0. The van der Waals surface area contributed by atoms with E-state index in [1.165, 1.54) is 13.8 Å². The molecule has 0 amide bonds. The number of unbranched alkanes of at least 4 members (excludes halogenated alkanes) is 3. The summed E-state index contributed by atoms with van der Waals surface area (Å²) in [5, 5.41) is 17.4. The molecule has 0 aromatic heterocycles. The fraction of sp³-hybridized carbons (Fsp3) is 0.810. The van der Waals surface area contributed by atoms with E-state index in [1.807, 2.05) is 0 Å². The van der Waals surface area contributed by atoms with Crippen LogP contribution in [0.3, 0.4) is 0 Å². The standard InChI is InChI=1S/C21H36O8/c1-17(24)21(18(2)25,12-10-20(27)29-16-8-6-14-23)11-4-3-9-19(26)28-15-7-5-13-22/h22-23H,3-16H2,1-2H3. The highest BCUT2D eigenvalue weighted by Gasteiger charge is 2.40. The lowest BCUT2D eigenvalue weighted by Crippen LogP contribution is -2.37. The Morgan fingerprint density at radius 3 is 1.59 bits per heavy atom. The van der Waals surface area contributed by atoms with Crippen LogP contribution in [0.5, 0.6) is 0 Å². The van der Waals surface area contributed by atoms with Crippen LogP contribution in [-0.4, -0.2) is 60.1 Å². The van der Waals surface area contributed by atoms with Gasteiger partial charge in [-0.05, 0) is 58.8 Å². The van der Waals surface area contributed by atoms with Crippen LogP contribution in [-0.2, 0) is 28.7 Å². The molecule has 0 aromatic rings. The number of carbonyl (C=O) groups excluding carboxylic acids is 4. The van der Waals surface area contributed by atoms with Gasteiger partial charge in [0.25, 0.3) is 0 Å². The van der Waals surface area contributed by atoms with Gasteiger partial charge in [0.15, 0.2) is 0 Å². The zero-order chi connectivity index (χ0) is 22.1. The van der Waals surface area contributed by atoms with Crippen molar-refractivity contribution < 1.29 is 38.9 Å². The molecule has 0 heterocycles. The third-order valence-corrected chi connectivity index (χ3v) is 4.97. The summed E-state index contributed by atoms with van der Waals surface area (Å²) in [6.07, 6.45) is 3.76. The molecule has 8 nitrogen and oxygen atoms in total. The lowest BCUT2D eigenvalue weighted by molar-refractivity contribution is -0.146. The number of ether oxygens (including phenoxy) is 2. The first-order valence-corrected chi connectivity index (χ1v) is 10.3. The van der Waals surface area contributed by atoms with Crippen molar-refractivity contribution in [2.45, 2.75) is 78.1 Å². The van der Waals surface area contributed by atoms with E-state index in [0.29, 0.717) is 38.5 Å². The molecular formula is C21H36O8. The van der Waals surface area contributed by atoms with Gasteiger partial charge in [-0.2, -0.15) is 0 Å². The minimum atomic E-state index is -1.24. The normalized spacial score (nSPS) is 11.2. The summed E-state index contributed by atoms with van der Waals surface area (Å²) >= 11 is 0. The van der Waals surface area contributed by atoms with Crippen molar-refractivity contribution in [3.63, 3.8) is 0 Å². The minimum absolute atomic E-state index is 0.0333. The van der Waals surface area contributed by atoms with Gasteiger partial charge in [0.2, 0.25) is 0 Å². The maximum atomic E-state index is 12.2. The minimum Gasteiger partial charge on any atom is -0.466 e. The van der Waals surface area contributed by atoms with E-state index in [0.717, 1.165) is 0 Å². The lowest BCUT2D eigenvalue weighted by atomic mass is 9.72. The van der Waals surface area contributed by atoms with Crippen LogP contribution in [0.2, 0.25) is 0 Å². The van der Waals surface area contributed by atoms with Gasteiger partial charge in [0.1, 0.15) is 11.6 Å². The zero-order valence-electron chi connectivity index (χ0n) is 17.7.